The van der Waals surface area contributed by atoms with Crippen LogP contribution in [-0.2, 0) is 16.0 Å². The van der Waals surface area contributed by atoms with E-state index in [1.165, 1.54) is 23.1 Å². The van der Waals surface area contributed by atoms with Gasteiger partial charge in [-0.25, -0.2) is 0 Å². The summed E-state index contributed by atoms with van der Waals surface area (Å²) in [7, 11) is 1.42. The number of esters is 1. The number of hydrogen-bond acceptors (Lipinski definition) is 3. The third kappa shape index (κ3) is 3.59. The number of rotatable bonds is 4. The molecule has 0 unspecified atom stereocenters. The van der Waals surface area contributed by atoms with E-state index in [-0.39, 0.29) is 5.97 Å². The highest BCUT2D eigenvalue weighted by Gasteiger charge is 2.05. The molecule has 15 heavy (non-hydrogen) atoms. The summed E-state index contributed by atoms with van der Waals surface area (Å²) in [4.78, 5) is 12.3. The molecule has 0 amide bonds. The van der Waals surface area contributed by atoms with Crippen molar-refractivity contribution in [3.63, 3.8) is 0 Å². The maximum Gasteiger partial charge on any atom is 0.305 e. The molecule has 0 aliphatic carbocycles. The number of aryl methyl sites for hydroxylation is 2. The van der Waals surface area contributed by atoms with Gasteiger partial charge in [0.15, 0.2) is 0 Å². The van der Waals surface area contributed by atoms with Crippen molar-refractivity contribution in [2.75, 3.05) is 13.4 Å². The highest BCUT2D eigenvalue weighted by atomic mass is 32.2. The van der Waals surface area contributed by atoms with Crippen LogP contribution < -0.4 is 0 Å². The Balaban J connectivity index is 2.74. The molecule has 0 bridgehead atoms. The SMILES string of the molecule is COC(=O)CCc1cc(C)ccc1SC. The summed E-state index contributed by atoms with van der Waals surface area (Å²) in [6.07, 6.45) is 3.25. The van der Waals surface area contributed by atoms with Crippen molar-refractivity contribution < 1.29 is 9.53 Å². The van der Waals surface area contributed by atoms with E-state index < -0.39 is 0 Å². The number of thioether (sulfide) groups is 1. The van der Waals surface area contributed by atoms with Crippen LogP contribution in [0, 0.1) is 6.92 Å². The molecule has 1 aromatic rings. The second-order valence-corrected chi connectivity index (χ2v) is 4.24. The van der Waals surface area contributed by atoms with Crippen LogP contribution in [0.1, 0.15) is 17.5 Å². The maximum atomic E-state index is 11.0. The minimum atomic E-state index is -0.149. The van der Waals surface area contributed by atoms with Gasteiger partial charge in [-0.2, -0.15) is 0 Å². The first kappa shape index (κ1) is 12.1. The van der Waals surface area contributed by atoms with Gasteiger partial charge in [0.2, 0.25) is 0 Å². The molecule has 2 nitrogen and oxygen atoms in total. The van der Waals surface area contributed by atoms with Gasteiger partial charge in [-0.15, -0.1) is 11.8 Å². The molecule has 0 aliphatic heterocycles. The van der Waals surface area contributed by atoms with Crippen molar-refractivity contribution in [1.29, 1.82) is 0 Å². The minimum Gasteiger partial charge on any atom is -0.469 e. The first-order valence-corrected chi connectivity index (χ1v) is 6.10. The molecular weight excluding hydrogens is 208 g/mol. The monoisotopic (exact) mass is 224 g/mol. The fourth-order valence-corrected chi connectivity index (χ4v) is 2.07. The lowest BCUT2D eigenvalue weighted by Crippen LogP contribution is -2.02. The number of carbonyl (C=O) groups is 1. The van der Waals surface area contributed by atoms with Crippen molar-refractivity contribution in [1.82, 2.24) is 0 Å². The molecule has 82 valence electrons. The Morgan fingerprint density at radius 1 is 1.47 bits per heavy atom. The molecule has 0 N–H and O–H groups in total. The number of carbonyl (C=O) groups excluding carboxylic acids is 1. The van der Waals surface area contributed by atoms with Gasteiger partial charge in [-0.05, 0) is 31.2 Å². The lowest BCUT2D eigenvalue weighted by molar-refractivity contribution is -0.140. The molecule has 3 heteroatoms. The summed E-state index contributed by atoms with van der Waals surface area (Å²) in [6.45, 7) is 2.06. The largest absolute Gasteiger partial charge is 0.469 e. The topological polar surface area (TPSA) is 26.3 Å². The van der Waals surface area contributed by atoms with Crippen molar-refractivity contribution in [2.24, 2.45) is 0 Å². The van der Waals surface area contributed by atoms with Crippen LogP contribution in [0.15, 0.2) is 23.1 Å². The van der Waals surface area contributed by atoms with Crippen LogP contribution in [0.3, 0.4) is 0 Å². The zero-order chi connectivity index (χ0) is 11.3. The molecule has 0 saturated carbocycles. The average Bonchev–Trinajstić information content (AvgIpc) is 2.26. The van der Waals surface area contributed by atoms with Gasteiger partial charge >= 0.3 is 5.97 Å². The normalized spacial score (nSPS) is 10.1. The Morgan fingerprint density at radius 3 is 2.80 bits per heavy atom. The van der Waals surface area contributed by atoms with Crippen LogP contribution in [0.2, 0.25) is 0 Å². The van der Waals surface area contributed by atoms with Gasteiger partial charge in [0.1, 0.15) is 0 Å². The van der Waals surface area contributed by atoms with E-state index in [1.54, 1.807) is 11.8 Å². The first-order chi connectivity index (χ1) is 7.17. The molecule has 0 spiro atoms. The predicted molar refractivity (Wildman–Crippen MR) is 63.3 cm³/mol. The quantitative estimate of drug-likeness (QED) is 0.581. The highest BCUT2D eigenvalue weighted by Crippen LogP contribution is 2.22. The summed E-state index contributed by atoms with van der Waals surface area (Å²) in [5, 5.41) is 0. The predicted octanol–water partition coefficient (Wildman–Crippen LogP) is 2.82. The number of methoxy groups -OCH3 is 1. The van der Waals surface area contributed by atoms with E-state index in [0.717, 1.165) is 6.42 Å². The number of hydrogen-bond donors (Lipinski definition) is 0. The lowest BCUT2D eigenvalue weighted by atomic mass is 10.1. The van der Waals surface area contributed by atoms with Crippen molar-refractivity contribution in [3.8, 4) is 0 Å². The first-order valence-electron chi connectivity index (χ1n) is 4.87. The maximum absolute atomic E-state index is 11.0. The van der Waals surface area contributed by atoms with Gasteiger partial charge in [0, 0.05) is 11.3 Å². The molecule has 0 radical (unpaired) electrons. The van der Waals surface area contributed by atoms with Gasteiger partial charge in [-0.3, -0.25) is 4.79 Å². The summed E-state index contributed by atoms with van der Waals surface area (Å²) >= 11 is 1.71. The molecule has 0 heterocycles. The zero-order valence-corrected chi connectivity index (χ0v) is 10.2. The minimum absolute atomic E-state index is 0.149. The smallest absolute Gasteiger partial charge is 0.305 e. The summed E-state index contributed by atoms with van der Waals surface area (Å²) < 4.78 is 4.63. The van der Waals surface area contributed by atoms with E-state index in [2.05, 4.69) is 29.9 Å². The van der Waals surface area contributed by atoms with E-state index in [4.69, 9.17) is 0 Å². The molecular formula is C12H16O2S. The third-order valence-corrected chi connectivity index (χ3v) is 3.10. The van der Waals surface area contributed by atoms with Gasteiger partial charge in [-0.1, -0.05) is 17.7 Å². The van der Waals surface area contributed by atoms with Gasteiger partial charge in [0.05, 0.1) is 7.11 Å². The second-order valence-electron chi connectivity index (χ2n) is 3.39. The standard InChI is InChI=1S/C12H16O2S/c1-9-4-6-11(15-3)10(8-9)5-7-12(13)14-2/h4,6,8H,5,7H2,1-3H3. The van der Waals surface area contributed by atoms with Crippen molar-refractivity contribution in [3.05, 3.63) is 29.3 Å². The van der Waals surface area contributed by atoms with Crippen LogP contribution in [-0.4, -0.2) is 19.3 Å². The van der Waals surface area contributed by atoms with Crippen LogP contribution in [0.4, 0.5) is 0 Å². The molecule has 0 aromatic heterocycles. The fourth-order valence-electron chi connectivity index (χ4n) is 1.44. The zero-order valence-electron chi connectivity index (χ0n) is 9.37. The molecule has 0 saturated heterocycles. The van der Waals surface area contributed by atoms with Crippen molar-refractivity contribution in [2.45, 2.75) is 24.7 Å². The summed E-state index contributed by atoms with van der Waals surface area (Å²) in [5.74, 6) is -0.149. The molecule has 0 atom stereocenters. The molecule has 1 aromatic carbocycles. The van der Waals surface area contributed by atoms with E-state index in [9.17, 15) is 4.79 Å². The molecule has 1 rings (SSSR count). The Bertz CT molecular complexity index is 347. The van der Waals surface area contributed by atoms with Gasteiger partial charge in [0.25, 0.3) is 0 Å². The Labute approximate surface area is 95.0 Å². The second kappa shape index (κ2) is 5.81. The summed E-state index contributed by atoms with van der Waals surface area (Å²) in [5.41, 5.74) is 2.46. The third-order valence-electron chi connectivity index (χ3n) is 2.26. The van der Waals surface area contributed by atoms with E-state index >= 15 is 0 Å². The van der Waals surface area contributed by atoms with Crippen LogP contribution >= 0.6 is 11.8 Å². The number of benzene rings is 1. The molecule has 0 aliphatic rings. The Hall–Kier alpha value is -0.960. The fraction of sp³-hybridized carbons (Fsp3) is 0.417. The highest BCUT2D eigenvalue weighted by molar-refractivity contribution is 7.98. The lowest BCUT2D eigenvalue weighted by Gasteiger charge is -2.07. The Kier molecular flexibility index (Phi) is 4.69. The van der Waals surface area contributed by atoms with Gasteiger partial charge < -0.3 is 4.74 Å². The molecule has 0 fully saturated rings. The number of ether oxygens (including phenoxy) is 1. The Morgan fingerprint density at radius 2 is 2.20 bits per heavy atom. The van der Waals surface area contributed by atoms with E-state index in [1.807, 2.05) is 6.26 Å². The average molecular weight is 224 g/mol. The summed E-state index contributed by atoms with van der Waals surface area (Å²) in [6, 6.07) is 6.33. The van der Waals surface area contributed by atoms with Crippen molar-refractivity contribution >= 4 is 17.7 Å². The van der Waals surface area contributed by atoms with Crippen LogP contribution in [0.5, 0.6) is 0 Å². The van der Waals surface area contributed by atoms with E-state index in [0.29, 0.717) is 6.42 Å². The van der Waals surface area contributed by atoms with Crippen LogP contribution in [0.25, 0.3) is 0 Å².